The molecule has 0 saturated heterocycles. The van der Waals surface area contributed by atoms with Gasteiger partial charge < -0.3 is 9.80 Å². The van der Waals surface area contributed by atoms with Crippen LogP contribution < -0.4 is 9.80 Å². The minimum absolute atomic E-state index is 0.252. The van der Waals surface area contributed by atoms with Crippen LogP contribution in [0.5, 0.6) is 0 Å². The van der Waals surface area contributed by atoms with E-state index in [9.17, 15) is 9.59 Å². The molecule has 0 fully saturated rings. The van der Waals surface area contributed by atoms with Crippen LogP contribution in [0.3, 0.4) is 0 Å². The van der Waals surface area contributed by atoms with E-state index in [0.29, 0.717) is 13.1 Å². The lowest BCUT2D eigenvalue weighted by Gasteiger charge is -2.23. The Kier molecular flexibility index (Phi) is 9.74. The number of amides is 2. The van der Waals surface area contributed by atoms with E-state index in [1.54, 1.807) is 9.80 Å². The van der Waals surface area contributed by atoms with Gasteiger partial charge in [-0.1, -0.05) is 59.7 Å². The maximum Gasteiger partial charge on any atom is 0.251 e. The molecule has 0 radical (unpaired) electrons. The fourth-order valence-electron chi connectivity index (χ4n) is 3.91. The summed E-state index contributed by atoms with van der Waals surface area (Å²) in [5.41, 5.74) is 5.92. The van der Waals surface area contributed by atoms with Crippen LogP contribution in [0, 0.1) is 21.0 Å². The van der Waals surface area contributed by atoms with Gasteiger partial charge in [0.05, 0.1) is 13.1 Å². The highest BCUT2D eigenvalue weighted by Gasteiger charge is 2.18. The predicted octanol–water partition coefficient (Wildman–Crippen LogP) is 7.84. The molecule has 0 atom stereocenters. The summed E-state index contributed by atoms with van der Waals surface area (Å²) < 4.78 is 2.17. The Balaban J connectivity index is 1.59. The summed E-state index contributed by atoms with van der Waals surface area (Å²) in [7, 11) is 0. The van der Waals surface area contributed by atoms with Crippen molar-refractivity contribution < 1.29 is 9.59 Å². The smallest absolute Gasteiger partial charge is 0.251 e. The molecule has 0 saturated carbocycles. The Bertz CT molecular complexity index is 1300. The van der Waals surface area contributed by atoms with Gasteiger partial charge in [-0.25, -0.2) is 0 Å². The summed E-state index contributed by atoms with van der Waals surface area (Å²) >= 11 is 4.49. The lowest BCUT2D eigenvalue weighted by Crippen LogP contribution is -2.31. The number of carbonyl (C=O) groups is 2. The first kappa shape index (κ1) is 28.0. The van der Waals surface area contributed by atoms with Gasteiger partial charge in [0.15, 0.2) is 0 Å². The van der Waals surface area contributed by atoms with Gasteiger partial charge in [-0.2, -0.15) is 0 Å². The van der Waals surface area contributed by atoms with Crippen molar-refractivity contribution in [2.75, 3.05) is 9.80 Å². The zero-order valence-corrected chi connectivity index (χ0v) is 25.6. The molecule has 0 N–H and O–H groups in total. The lowest BCUT2D eigenvalue weighted by molar-refractivity contribution is -0.116. The zero-order chi connectivity index (χ0) is 27.1. The summed E-state index contributed by atoms with van der Waals surface area (Å²) in [4.78, 5) is 30.3. The fourth-order valence-corrected chi connectivity index (χ4v) is 4.63. The van der Waals surface area contributed by atoms with Crippen LogP contribution in [0.15, 0.2) is 109 Å². The quantitative estimate of drug-likeness (QED) is 0.137. The first-order valence-corrected chi connectivity index (χ1v) is 14.4. The first-order chi connectivity index (χ1) is 18.3. The van der Waals surface area contributed by atoms with Crippen LogP contribution in [0.1, 0.15) is 22.3 Å². The minimum Gasteiger partial charge on any atom is -0.304 e. The molecule has 2 amide bonds. The van der Waals surface area contributed by atoms with Gasteiger partial charge in [-0.3, -0.25) is 9.59 Å². The molecule has 0 aliphatic rings. The molecular weight excluding hydrogens is 698 g/mol. The lowest BCUT2D eigenvalue weighted by atomic mass is 10.1. The number of benzene rings is 4. The van der Waals surface area contributed by atoms with Gasteiger partial charge in [-0.05, 0) is 119 Å². The zero-order valence-electron chi connectivity index (χ0n) is 21.3. The van der Waals surface area contributed by atoms with E-state index in [-0.39, 0.29) is 11.8 Å². The number of carbonyl (C=O) groups excluding carboxylic acids is 2. The van der Waals surface area contributed by atoms with Gasteiger partial charge in [0.25, 0.3) is 11.8 Å². The Morgan fingerprint density at radius 1 is 0.553 bits per heavy atom. The third-order valence-corrected chi connectivity index (χ3v) is 7.54. The van der Waals surface area contributed by atoms with Crippen LogP contribution in [0.4, 0.5) is 11.4 Å². The van der Waals surface area contributed by atoms with Gasteiger partial charge in [-0.15, -0.1) is 0 Å². The topological polar surface area (TPSA) is 40.6 Å². The Morgan fingerprint density at radius 3 is 1.18 bits per heavy atom. The number of rotatable bonds is 8. The fraction of sp³-hybridized carbons (Fsp3) is 0.125. The molecule has 0 heterocycles. The number of hydrogen-bond donors (Lipinski definition) is 0. The van der Waals surface area contributed by atoms with E-state index in [4.69, 9.17) is 0 Å². The summed E-state index contributed by atoms with van der Waals surface area (Å²) in [6.07, 6.45) is 2.76. The second-order valence-electron chi connectivity index (χ2n) is 9.11. The Morgan fingerprint density at radius 2 is 0.868 bits per heavy atom. The van der Waals surface area contributed by atoms with Crippen molar-refractivity contribution in [3.05, 3.63) is 139 Å². The van der Waals surface area contributed by atoms with Crippen LogP contribution in [0.25, 0.3) is 0 Å². The SMILES string of the molecule is Cc1ccc(CN(C(=O)/C=C/C(=O)N(Cc2ccc(C)cc2)c2ccc(I)cc2)c2ccc(I)cc2)cc1. The molecule has 192 valence electrons. The van der Waals surface area contributed by atoms with Crippen LogP contribution >= 0.6 is 45.2 Å². The minimum atomic E-state index is -0.252. The van der Waals surface area contributed by atoms with Crippen molar-refractivity contribution in [1.29, 1.82) is 0 Å². The van der Waals surface area contributed by atoms with Crippen molar-refractivity contribution in [2.45, 2.75) is 26.9 Å². The predicted molar refractivity (Wildman–Crippen MR) is 172 cm³/mol. The molecule has 6 heteroatoms. The summed E-state index contributed by atoms with van der Waals surface area (Å²) in [6.45, 7) is 4.89. The van der Waals surface area contributed by atoms with E-state index >= 15 is 0 Å². The molecule has 4 nitrogen and oxygen atoms in total. The molecule has 4 aromatic carbocycles. The third kappa shape index (κ3) is 7.77. The normalized spacial score (nSPS) is 10.9. The van der Waals surface area contributed by atoms with Crippen LogP contribution in [0.2, 0.25) is 0 Å². The van der Waals surface area contributed by atoms with Crippen molar-refractivity contribution in [3.63, 3.8) is 0 Å². The molecular formula is C32H28I2N2O2. The van der Waals surface area contributed by atoms with E-state index in [0.717, 1.165) is 40.8 Å². The highest BCUT2D eigenvalue weighted by atomic mass is 127. The Labute approximate surface area is 251 Å². The molecule has 0 aromatic heterocycles. The molecule has 38 heavy (non-hydrogen) atoms. The molecule has 4 aromatic rings. The number of aryl methyl sites for hydroxylation is 2. The monoisotopic (exact) mass is 726 g/mol. The second kappa shape index (κ2) is 13.2. The standard InChI is InChI=1S/C32H28I2N2O2/c1-23-3-7-25(8-4-23)21-35(29-15-11-27(33)12-16-29)31(37)19-20-32(38)36(30-17-13-28(34)14-18-30)22-26-9-5-24(2)6-10-26/h3-20H,21-22H2,1-2H3/b20-19+. The van der Waals surface area contributed by atoms with Crippen molar-refractivity contribution in [1.82, 2.24) is 0 Å². The third-order valence-electron chi connectivity index (χ3n) is 6.10. The number of hydrogen-bond acceptors (Lipinski definition) is 2. The maximum absolute atomic E-state index is 13.5. The highest BCUT2D eigenvalue weighted by Crippen LogP contribution is 2.22. The molecule has 0 aliphatic carbocycles. The van der Waals surface area contributed by atoms with Gasteiger partial charge >= 0.3 is 0 Å². The van der Waals surface area contributed by atoms with Crippen molar-refractivity contribution in [2.24, 2.45) is 0 Å². The van der Waals surface area contributed by atoms with Crippen LogP contribution in [-0.2, 0) is 22.7 Å². The average molecular weight is 726 g/mol. The summed E-state index contributed by atoms with van der Waals surface area (Å²) in [5, 5.41) is 0. The maximum atomic E-state index is 13.5. The Hall–Kier alpha value is -2.98. The highest BCUT2D eigenvalue weighted by molar-refractivity contribution is 14.1. The van der Waals surface area contributed by atoms with Gasteiger partial charge in [0, 0.05) is 30.7 Å². The number of halogens is 2. The van der Waals surface area contributed by atoms with Crippen LogP contribution in [-0.4, -0.2) is 11.8 Å². The number of anilines is 2. The molecule has 0 spiro atoms. The summed E-state index contributed by atoms with van der Waals surface area (Å²) in [5.74, 6) is -0.504. The van der Waals surface area contributed by atoms with Gasteiger partial charge in [0.1, 0.15) is 0 Å². The van der Waals surface area contributed by atoms with E-state index in [1.807, 2.05) is 111 Å². The summed E-state index contributed by atoms with van der Waals surface area (Å²) in [6, 6.07) is 31.9. The molecule has 0 unspecified atom stereocenters. The number of nitrogens with zero attached hydrogens (tertiary/aromatic N) is 2. The average Bonchev–Trinajstić information content (AvgIpc) is 2.92. The van der Waals surface area contributed by atoms with E-state index in [1.165, 1.54) is 12.2 Å². The first-order valence-electron chi connectivity index (χ1n) is 12.2. The molecule has 0 aliphatic heterocycles. The molecule has 4 rings (SSSR count). The van der Waals surface area contributed by atoms with Crippen molar-refractivity contribution in [3.8, 4) is 0 Å². The van der Waals surface area contributed by atoms with E-state index < -0.39 is 0 Å². The van der Waals surface area contributed by atoms with Gasteiger partial charge in [0.2, 0.25) is 0 Å². The molecule has 0 bridgehead atoms. The largest absolute Gasteiger partial charge is 0.304 e. The second-order valence-corrected chi connectivity index (χ2v) is 11.6. The van der Waals surface area contributed by atoms with Crippen molar-refractivity contribution >= 4 is 68.4 Å². The van der Waals surface area contributed by atoms with E-state index in [2.05, 4.69) is 45.2 Å².